The number of carbonyl (C=O) groups is 1. The topological polar surface area (TPSA) is 47.6 Å². The van der Waals surface area contributed by atoms with Crippen LogP contribution in [0.3, 0.4) is 0 Å². The fourth-order valence-corrected chi connectivity index (χ4v) is 3.05. The van der Waals surface area contributed by atoms with Crippen molar-refractivity contribution in [2.45, 2.75) is 20.0 Å². The Morgan fingerprint density at radius 3 is 2.67 bits per heavy atom. The van der Waals surface area contributed by atoms with Gasteiger partial charge >= 0.3 is 0 Å². The summed E-state index contributed by atoms with van der Waals surface area (Å²) in [6.45, 7) is 3.82. The van der Waals surface area contributed by atoms with Crippen molar-refractivity contribution in [2.75, 3.05) is 7.11 Å². The highest BCUT2D eigenvalue weighted by atomic mass is 35.5. The van der Waals surface area contributed by atoms with Crippen molar-refractivity contribution in [1.82, 2.24) is 5.32 Å². The molecule has 1 saturated heterocycles. The van der Waals surface area contributed by atoms with Gasteiger partial charge in [0.1, 0.15) is 4.32 Å². The minimum atomic E-state index is -0.206. The zero-order chi connectivity index (χ0) is 15.6. The maximum atomic E-state index is 11.7. The third-order valence-electron chi connectivity index (χ3n) is 2.55. The van der Waals surface area contributed by atoms with Crippen molar-refractivity contribution >= 4 is 51.9 Å². The lowest BCUT2D eigenvalue weighted by atomic mass is 10.1. The zero-order valence-corrected chi connectivity index (χ0v) is 14.1. The van der Waals surface area contributed by atoms with Gasteiger partial charge in [0.2, 0.25) is 0 Å². The summed E-state index contributed by atoms with van der Waals surface area (Å²) in [7, 11) is 1.54. The second-order valence-corrected chi connectivity index (χ2v) is 6.68. The van der Waals surface area contributed by atoms with Crippen molar-refractivity contribution in [1.29, 1.82) is 0 Å². The summed E-state index contributed by atoms with van der Waals surface area (Å²) < 4.78 is 11.4. The number of amides is 1. The van der Waals surface area contributed by atoms with E-state index in [4.69, 9.17) is 33.3 Å². The molecule has 0 aliphatic carbocycles. The molecular formula is C14H14ClNO3S2. The quantitative estimate of drug-likeness (QED) is 0.668. The van der Waals surface area contributed by atoms with Crippen LogP contribution in [0.25, 0.3) is 6.08 Å². The molecule has 1 heterocycles. The van der Waals surface area contributed by atoms with Crippen molar-refractivity contribution in [3.8, 4) is 11.5 Å². The standard InChI is InChI=1S/C14H14ClNO3S2/c1-7(2)19-12-9(15)4-8(5-10(12)18-3)6-11-13(17)16-14(20)21-11/h4-7H,1-3H3,(H,16,17,20)/b11-6-. The number of benzene rings is 1. The van der Waals surface area contributed by atoms with Crippen LogP contribution < -0.4 is 14.8 Å². The van der Waals surface area contributed by atoms with Gasteiger partial charge < -0.3 is 14.8 Å². The van der Waals surface area contributed by atoms with Crippen molar-refractivity contribution in [3.63, 3.8) is 0 Å². The molecular weight excluding hydrogens is 330 g/mol. The molecule has 7 heteroatoms. The Kier molecular flexibility index (Phi) is 5.13. The molecule has 1 fully saturated rings. The summed E-state index contributed by atoms with van der Waals surface area (Å²) >= 11 is 12.4. The van der Waals surface area contributed by atoms with Gasteiger partial charge in [0.05, 0.1) is 23.1 Å². The second kappa shape index (κ2) is 6.68. The molecule has 1 amide bonds. The molecule has 0 bridgehead atoms. The van der Waals surface area contributed by atoms with E-state index in [9.17, 15) is 4.79 Å². The van der Waals surface area contributed by atoms with Crippen LogP contribution in [0.1, 0.15) is 19.4 Å². The summed E-state index contributed by atoms with van der Waals surface area (Å²) in [6.07, 6.45) is 1.70. The molecule has 0 saturated carbocycles. The average Bonchev–Trinajstić information content (AvgIpc) is 2.70. The van der Waals surface area contributed by atoms with Crippen LogP contribution in [0.4, 0.5) is 0 Å². The highest BCUT2D eigenvalue weighted by Crippen LogP contribution is 2.38. The highest BCUT2D eigenvalue weighted by Gasteiger charge is 2.22. The summed E-state index contributed by atoms with van der Waals surface area (Å²) in [6, 6.07) is 3.50. The number of hydrogen-bond acceptors (Lipinski definition) is 5. The molecule has 0 spiro atoms. The van der Waals surface area contributed by atoms with Crippen LogP contribution in [0.15, 0.2) is 17.0 Å². The predicted octanol–water partition coefficient (Wildman–Crippen LogP) is 3.62. The summed E-state index contributed by atoms with van der Waals surface area (Å²) in [5, 5.41) is 3.00. The fraction of sp³-hybridized carbons (Fsp3) is 0.286. The maximum absolute atomic E-state index is 11.7. The molecule has 1 aliphatic rings. The Bertz CT molecular complexity index is 629. The van der Waals surface area contributed by atoms with E-state index in [-0.39, 0.29) is 12.0 Å². The SMILES string of the molecule is COc1cc(/C=C2\SC(=S)NC2=O)cc(Cl)c1OC(C)C. The molecule has 4 nitrogen and oxygen atoms in total. The number of thioether (sulfide) groups is 1. The van der Waals surface area contributed by atoms with E-state index in [0.29, 0.717) is 25.7 Å². The lowest BCUT2D eigenvalue weighted by Gasteiger charge is -2.15. The van der Waals surface area contributed by atoms with Gasteiger partial charge in [0.25, 0.3) is 5.91 Å². The van der Waals surface area contributed by atoms with E-state index in [2.05, 4.69) is 5.32 Å². The van der Waals surface area contributed by atoms with Crippen LogP contribution in [-0.2, 0) is 4.79 Å². The minimum absolute atomic E-state index is 0.0193. The van der Waals surface area contributed by atoms with Gasteiger partial charge in [-0.3, -0.25) is 4.79 Å². The van der Waals surface area contributed by atoms with E-state index >= 15 is 0 Å². The van der Waals surface area contributed by atoms with Gasteiger partial charge in [-0.25, -0.2) is 0 Å². The maximum Gasteiger partial charge on any atom is 0.263 e. The van der Waals surface area contributed by atoms with Crippen LogP contribution in [0.2, 0.25) is 5.02 Å². The van der Waals surface area contributed by atoms with Crippen LogP contribution in [-0.4, -0.2) is 23.4 Å². The van der Waals surface area contributed by atoms with Crippen LogP contribution in [0, 0.1) is 0 Å². The Labute approximate surface area is 137 Å². The molecule has 0 unspecified atom stereocenters. The minimum Gasteiger partial charge on any atom is -0.493 e. The number of ether oxygens (including phenoxy) is 2. The molecule has 0 atom stereocenters. The van der Waals surface area contributed by atoms with Gasteiger partial charge in [-0.05, 0) is 37.6 Å². The lowest BCUT2D eigenvalue weighted by Crippen LogP contribution is -2.17. The van der Waals surface area contributed by atoms with Crippen LogP contribution >= 0.6 is 35.6 Å². The van der Waals surface area contributed by atoms with E-state index in [0.717, 1.165) is 5.56 Å². The smallest absolute Gasteiger partial charge is 0.263 e. The predicted molar refractivity (Wildman–Crippen MR) is 90.1 cm³/mol. The summed E-state index contributed by atoms with van der Waals surface area (Å²) in [5.74, 6) is 0.812. The third kappa shape index (κ3) is 3.90. The molecule has 2 rings (SSSR count). The molecule has 1 N–H and O–H groups in total. The molecule has 1 aromatic carbocycles. The normalized spacial score (nSPS) is 16.5. The molecule has 1 aromatic rings. The average molecular weight is 344 g/mol. The zero-order valence-electron chi connectivity index (χ0n) is 11.7. The van der Waals surface area contributed by atoms with Crippen LogP contribution in [0.5, 0.6) is 11.5 Å². The van der Waals surface area contributed by atoms with Crippen molar-refractivity contribution in [3.05, 3.63) is 27.6 Å². The number of rotatable bonds is 4. The lowest BCUT2D eigenvalue weighted by molar-refractivity contribution is -0.115. The van der Waals surface area contributed by atoms with Gasteiger partial charge in [-0.15, -0.1) is 0 Å². The Hall–Kier alpha value is -1.24. The monoisotopic (exact) mass is 343 g/mol. The number of hydrogen-bond donors (Lipinski definition) is 1. The number of nitrogens with one attached hydrogen (secondary N) is 1. The first-order chi connectivity index (χ1) is 9.90. The molecule has 0 aromatic heterocycles. The Balaban J connectivity index is 2.38. The number of thiocarbonyl (C=S) groups is 1. The van der Waals surface area contributed by atoms with E-state index in [1.54, 1.807) is 25.3 Å². The molecule has 21 heavy (non-hydrogen) atoms. The van der Waals surface area contributed by atoms with E-state index in [1.807, 2.05) is 13.8 Å². The number of halogens is 1. The first kappa shape index (κ1) is 16.1. The van der Waals surface area contributed by atoms with Crippen molar-refractivity contribution < 1.29 is 14.3 Å². The first-order valence-electron chi connectivity index (χ1n) is 6.19. The Morgan fingerprint density at radius 2 is 2.14 bits per heavy atom. The fourth-order valence-electron chi connectivity index (χ4n) is 1.75. The first-order valence-corrected chi connectivity index (χ1v) is 7.80. The molecule has 0 radical (unpaired) electrons. The molecule has 1 aliphatic heterocycles. The number of methoxy groups -OCH3 is 1. The van der Waals surface area contributed by atoms with Gasteiger partial charge in [-0.1, -0.05) is 35.6 Å². The van der Waals surface area contributed by atoms with Gasteiger partial charge in [-0.2, -0.15) is 0 Å². The van der Waals surface area contributed by atoms with Gasteiger partial charge in [0.15, 0.2) is 11.5 Å². The Morgan fingerprint density at radius 1 is 1.43 bits per heavy atom. The highest BCUT2D eigenvalue weighted by molar-refractivity contribution is 8.26. The van der Waals surface area contributed by atoms with E-state index < -0.39 is 0 Å². The largest absolute Gasteiger partial charge is 0.493 e. The number of carbonyl (C=O) groups excluding carboxylic acids is 1. The van der Waals surface area contributed by atoms with Gasteiger partial charge in [0, 0.05) is 0 Å². The third-order valence-corrected chi connectivity index (χ3v) is 3.99. The summed E-state index contributed by atoms with van der Waals surface area (Å²) in [4.78, 5) is 12.2. The second-order valence-electron chi connectivity index (χ2n) is 4.55. The van der Waals surface area contributed by atoms with Crippen molar-refractivity contribution in [2.24, 2.45) is 0 Å². The van der Waals surface area contributed by atoms with E-state index in [1.165, 1.54) is 11.8 Å². The molecule has 112 valence electrons. The summed E-state index contributed by atoms with van der Waals surface area (Å²) in [5.41, 5.74) is 0.746.